The Morgan fingerprint density at radius 1 is 0.828 bits per heavy atom. The maximum Gasteiger partial charge on any atom is 0.267 e. The Kier molecular flexibility index (Phi) is 6.92. The first kappa shape index (κ1) is 20.0. The summed E-state index contributed by atoms with van der Waals surface area (Å²) in [5, 5.41) is 11.5. The minimum Gasteiger partial charge on any atom is -0.321 e. The number of hydrogen-bond acceptors (Lipinski definition) is 3. The van der Waals surface area contributed by atoms with Crippen molar-refractivity contribution >= 4 is 23.6 Å². The van der Waals surface area contributed by atoms with Crippen LogP contribution in [0.2, 0.25) is 0 Å². The van der Waals surface area contributed by atoms with E-state index in [1.54, 1.807) is 29.7 Å². The van der Waals surface area contributed by atoms with Crippen molar-refractivity contribution in [2.24, 2.45) is 0 Å². The van der Waals surface area contributed by atoms with E-state index in [0.717, 1.165) is 18.4 Å². The molecule has 3 aromatic carbocycles. The number of nitrogens with one attached hydrogen (secondary N) is 2. The van der Waals surface area contributed by atoms with Gasteiger partial charge in [-0.1, -0.05) is 66.7 Å². The van der Waals surface area contributed by atoms with E-state index in [2.05, 4.69) is 17.4 Å². The average molecular weight is 386 g/mol. The third kappa shape index (κ3) is 5.64. The van der Waals surface area contributed by atoms with Crippen LogP contribution in [0.4, 0.5) is 5.69 Å². The van der Waals surface area contributed by atoms with Gasteiger partial charge in [-0.25, -0.2) is 5.48 Å². The van der Waals surface area contributed by atoms with E-state index in [0.29, 0.717) is 16.8 Å². The molecule has 3 N–H and O–H groups in total. The molecule has 2 amide bonds. The lowest BCUT2D eigenvalue weighted by Crippen LogP contribution is -2.16. The lowest BCUT2D eigenvalue weighted by Gasteiger charge is -2.12. The minimum absolute atomic E-state index is 0.207. The highest BCUT2D eigenvalue weighted by molar-refractivity contribution is 6.06. The van der Waals surface area contributed by atoms with Gasteiger partial charge in [0.05, 0.1) is 0 Å². The molecule has 0 unspecified atom stereocenters. The number of hydrogen-bond donors (Lipinski definition) is 3. The largest absolute Gasteiger partial charge is 0.321 e. The number of carbonyl (C=O) groups excluding carboxylic acids is 2. The minimum atomic E-state index is -0.641. The van der Waals surface area contributed by atoms with Crippen molar-refractivity contribution in [3.05, 3.63) is 107 Å². The van der Waals surface area contributed by atoms with Crippen LogP contribution in [0.3, 0.4) is 0 Å². The first-order valence-electron chi connectivity index (χ1n) is 9.32. The molecular formula is C24H22N2O3. The molecule has 0 aliphatic rings. The second kappa shape index (κ2) is 10.0. The van der Waals surface area contributed by atoms with Gasteiger partial charge in [-0.2, -0.15) is 0 Å². The Bertz CT molecular complexity index is 1010. The molecule has 0 fully saturated rings. The summed E-state index contributed by atoms with van der Waals surface area (Å²) in [6, 6.07) is 24.9. The SMILES string of the molecule is O=C(C=Cc1ccccc1NC(=O)c1ccccc1CCc1ccccc1)NO. The van der Waals surface area contributed by atoms with Crippen LogP contribution in [0.1, 0.15) is 27.0 Å². The lowest BCUT2D eigenvalue weighted by atomic mass is 9.99. The predicted molar refractivity (Wildman–Crippen MR) is 114 cm³/mol. The number of rotatable bonds is 7. The fourth-order valence-corrected chi connectivity index (χ4v) is 3.03. The van der Waals surface area contributed by atoms with Crippen LogP contribution in [-0.2, 0) is 17.6 Å². The normalized spacial score (nSPS) is 10.7. The molecule has 0 aliphatic carbocycles. The first-order chi connectivity index (χ1) is 14.2. The highest BCUT2D eigenvalue weighted by Gasteiger charge is 2.12. The van der Waals surface area contributed by atoms with Gasteiger partial charge in [0.1, 0.15) is 0 Å². The van der Waals surface area contributed by atoms with Gasteiger partial charge in [-0.15, -0.1) is 0 Å². The summed E-state index contributed by atoms with van der Waals surface area (Å²) < 4.78 is 0. The molecule has 146 valence electrons. The van der Waals surface area contributed by atoms with Gasteiger partial charge in [0.2, 0.25) is 0 Å². The second-order valence-electron chi connectivity index (χ2n) is 6.49. The molecule has 0 saturated carbocycles. The Morgan fingerprint density at radius 2 is 1.52 bits per heavy atom. The van der Waals surface area contributed by atoms with E-state index < -0.39 is 5.91 Å². The molecule has 0 heterocycles. The average Bonchev–Trinajstić information content (AvgIpc) is 2.77. The number of aryl methyl sites for hydroxylation is 2. The van der Waals surface area contributed by atoms with Gasteiger partial charge in [-0.3, -0.25) is 14.8 Å². The van der Waals surface area contributed by atoms with Gasteiger partial charge in [-0.05, 0) is 47.7 Å². The van der Waals surface area contributed by atoms with Crippen LogP contribution in [0.25, 0.3) is 6.08 Å². The zero-order valence-electron chi connectivity index (χ0n) is 15.8. The van der Waals surface area contributed by atoms with Gasteiger partial charge in [0.25, 0.3) is 11.8 Å². The Labute approximate surface area is 169 Å². The Balaban J connectivity index is 1.77. The van der Waals surface area contributed by atoms with Gasteiger partial charge in [0.15, 0.2) is 0 Å². The lowest BCUT2D eigenvalue weighted by molar-refractivity contribution is -0.124. The highest BCUT2D eigenvalue weighted by Crippen LogP contribution is 2.20. The zero-order valence-corrected chi connectivity index (χ0v) is 15.8. The summed E-state index contributed by atoms with van der Waals surface area (Å²) >= 11 is 0. The molecule has 3 aromatic rings. The zero-order chi connectivity index (χ0) is 20.5. The van der Waals surface area contributed by atoms with Crippen molar-refractivity contribution in [3.63, 3.8) is 0 Å². The van der Waals surface area contributed by atoms with Crippen molar-refractivity contribution < 1.29 is 14.8 Å². The quantitative estimate of drug-likeness (QED) is 0.323. The van der Waals surface area contributed by atoms with E-state index in [9.17, 15) is 9.59 Å². The van der Waals surface area contributed by atoms with Crippen LogP contribution in [-0.4, -0.2) is 17.0 Å². The summed E-state index contributed by atoms with van der Waals surface area (Å²) in [6.07, 6.45) is 4.33. The van der Waals surface area contributed by atoms with Gasteiger partial charge < -0.3 is 5.32 Å². The number of hydroxylamine groups is 1. The maximum absolute atomic E-state index is 12.9. The summed E-state index contributed by atoms with van der Waals surface area (Å²) in [4.78, 5) is 24.2. The summed E-state index contributed by atoms with van der Waals surface area (Å²) in [7, 11) is 0. The number of anilines is 1. The third-order valence-corrected chi connectivity index (χ3v) is 4.52. The number of benzene rings is 3. The molecule has 0 spiro atoms. The molecule has 0 aromatic heterocycles. The molecule has 5 heteroatoms. The highest BCUT2D eigenvalue weighted by atomic mass is 16.5. The molecular weight excluding hydrogens is 364 g/mol. The van der Waals surface area contributed by atoms with Crippen molar-refractivity contribution in [3.8, 4) is 0 Å². The Morgan fingerprint density at radius 3 is 2.31 bits per heavy atom. The van der Waals surface area contributed by atoms with Crippen molar-refractivity contribution in [2.75, 3.05) is 5.32 Å². The Hall–Kier alpha value is -3.70. The van der Waals surface area contributed by atoms with Crippen LogP contribution in [0.15, 0.2) is 84.9 Å². The summed E-state index contributed by atoms with van der Waals surface area (Å²) in [6.45, 7) is 0. The third-order valence-electron chi connectivity index (χ3n) is 4.52. The van der Waals surface area contributed by atoms with E-state index >= 15 is 0 Å². The predicted octanol–water partition coefficient (Wildman–Crippen LogP) is 4.24. The molecule has 29 heavy (non-hydrogen) atoms. The molecule has 0 aliphatic heterocycles. The van der Waals surface area contributed by atoms with E-state index in [-0.39, 0.29) is 5.91 Å². The fourth-order valence-electron chi connectivity index (χ4n) is 3.03. The monoisotopic (exact) mass is 386 g/mol. The van der Waals surface area contributed by atoms with Gasteiger partial charge >= 0.3 is 0 Å². The van der Waals surface area contributed by atoms with Crippen molar-refractivity contribution in [2.45, 2.75) is 12.8 Å². The molecule has 0 radical (unpaired) electrons. The topological polar surface area (TPSA) is 78.4 Å². The number of amides is 2. The van der Waals surface area contributed by atoms with Gasteiger partial charge in [0, 0.05) is 17.3 Å². The molecule has 5 nitrogen and oxygen atoms in total. The van der Waals surface area contributed by atoms with E-state index in [1.165, 1.54) is 17.7 Å². The summed E-state index contributed by atoms with van der Waals surface area (Å²) in [5.74, 6) is -0.849. The molecule has 0 atom stereocenters. The van der Waals surface area contributed by atoms with E-state index in [1.807, 2.05) is 42.5 Å². The fraction of sp³-hybridized carbons (Fsp3) is 0.0833. The number of para-hydroxylation sites is 1. The summed E-state index contributed by atoms with van der Waals surface area (Å²) in [5.41, 5.74) is 5.60. The van der Waals surface area contributed by atoms with Crippen LogP contribution in [0.5, 0.6) is 0 Å². The standard InChI is InChI=1S/C24H22N2O3/c27-23(26-29)17-16-20-11-5-7-13-22(20)25-24(28)21-12-6-4-10-19(21)15-14-18-8-2-1-3-9-18/h1-13,16-17,29H,14-15H2,(H,25,28)(H,26,27). The second-order valence-corrected chi connectivity index (χ2v) is 6.49. The van der Waals surface area contributed by atoms with Crippen molar-refractivity contribution in [1.82, 2.24) is 5.48 Å². The number of carbonyl (C=O) groups is 2. The van der Waals surface area contributed by atoms with Crippen molar-refractivity contribution in [1.29, 1.82) is 0 Å². The van der Waals surface area contributed by atoms with Crippen LogP contribution >= 0.6 is 0 Å². The van der Waals surface area contributed by atoms with E-state index in [4.69, 9.17) is 5.21 Å². The molecule has 3 rings (SSSR count). The molecule has 0 saturated heterocycles. The smallest absolute Gasteiger partial charge is 0.267 e. The maximum atomic E-state index is 12.9. The van der Waals surface area contributed by atoms with Crippen LogP contribution in [0, 0.1) is 0 Å². The molecule has 0 bridgehead atoms. The first-order valence-corrected chi connectivity index (χ1v) is 9.32. The van der Waals surface area contributed by atoms with Crippen LogP contribution < -0.4 is 10.8 Å².